The molecular formula is C14H11N5O2S. The lowest BCUT2D eigenvalue weighted by atomic mass is 10.1. The first kappa shape index (κ1) is 14.2. The Morgan fingerprint density at radius 1 is 1.14 bits per heavy atom. The Morgan fingerprint density at radius 2 is 2.00 bits per heavy atom. The summed E-state index contributed by atoms with van der Waals surface area (Å²) in [5, 5.41) is 12.5. The first-order valence-electron chi connectivity index (χ1n) is 6.51. The smallest absolute Gasteiger partial charge is 0.269 e. The van der Waals surface area contributed by atoms with Crippen LogP contribution in [0.1, 0.15) is 26.1 Å². The van der Waals surface area contributed by atoms with Crippen LogP contribution in [0.3, 0.4) is 0 Å². The quantitative estimate of drug-likeness (QED) is 0.542. The monoisotopic (exact) mass is 313 g/mol. The zero-order valence-corrected chi connectivity index (χ0v) is 12.2. The Hall–Kier alpha value is -2.74. The summed E-state index contributed by atoms with van der Waals surface area (Å²) in [6.07, 6.45) is 2.50. The summed E-state index contributed by atoms with van der Waals surface area (Å²) in [6, 6.07) is 9.55. The predicted molar refractivity (Wildman–Crippen MR) is 78.6 cm³/mol. The second kappa shape index (κ2) is 6.35. The Bertz CT molecular complexity index is 783. The number of aromatic nitrogens is 5. The van der Waals surface area contributed by atoms with Crippen molar-refractivity contribution in [1.29, 1.82) is 0 Å². The van der Waals surface area contributed by atoms with Crippen molar-refractivity contribution < 1.29 is 9.59 Å². The Labute approximate surface area is 129 Å². The van der Waals surface area contributed by atoms with Gasteiger partial charge in [-0.2, -0.15) is 5.21 Å². The number of hydrogen-bond acceptors (Lipinski definition) is 7. The lowest BCUT2D eigenvalue weighted by Gasteiger charge is -1.96. The van der Waals surface area contributed by atoms with Crippen LogP contribution in [0, 0.1) is 0 Å². The largest absolute Gasteiger partial charge is 0.290 e. The van der Waals surface area contributed by atoms with Crippen molar-refractivity contribution in [1.82, 2.24) is 25.6 Å². The van der Waals surface area contributed by atoms with Crippen LogP contribution in [0.2, 0.25) is 0 Å². The first-order chi connectivity index (χ1) is 10.7. The van der Waals surface area contributed by atoms with Gasteiger partial charge in [-0.15, -0.1) is 21.5 Å². The number of ketones is 2. The number of Topliss-reactive ketones (excluding diaryl/α,β-unsaturated/α-hetero) is 2. The summed E-state index contributed by atoms with van der Waals surface area (Å²) >= 11 is 1.49. The molecule has 0 bridgehead atoms. The normalized spacial score (nSPS) is 10.5. The van der Waals surface area contributed by atoms with E-state index in [0.717, 1.165) is 15.4 Å². The number of thiophene rings is 1. The average Bonchev–Trinajstić information content (AvgIpc) is 3.19. The van der Waals surface area contributed by atoms with E-state index < -0.39 is 11.6 Å². The lowest BCUT2D eigenvalue weighted by Crippen LogP contribution is -2.17. The third-order valence-corrected chi connectivity index (χ3v) is 4.02. The third kappa shape index (κ3) is 3.29. The molecule has 0 aliphatic carbocycles. The number of hydrogen-bond donors (Lipinski definition) is 1. The highest BCUT2D eigenvalue weighted by Gasteiger charge is 2.21. The predicted octanol–water partition coefficient (Wildman–Crippen LogP) is 1.24. The molecule has 1 N–H and O–H groups in total. The molecular weight excluding hydrogens is 302 g/mol. The van der Waals surface area contributed by atoms with Crippen molar-refractivity contribution in [2.45, 2.75) is 12.8 Å². The third-order valence-electron chi connectivity index (χ3n) is 2.94. The maximum Gasteiger partial charge on any atom is 0.269 e. The molecule has 22 heavy (non-hydrogen) atoms. The van der Waals surface area contributed by atoms with E-state index in [4.69, 9.17) is 0 Å². The van der Waals surface area contributed by atoms with Gasteiger partial charge in [-0.3, -0.25) is 14.6 Å². The second-order valence-electron chi connectivity index (χ2n) is 4.53. The molecule has 110 valence electrons. The van der Waals surface area contributed by atoms with Gasteiger partial charge in [0, 0.05) is 34.5 Å². The van der Waals surface area contributed by atoms with Crippen molar-refractivity contribution in [3.63, 3.8) is 0 Å². The molecule has 0 aromatic carbocycles. The Kier molecular flexibility index (Phi) is 4.10. The maximum absolute atomic E-state index is 11.9. The van der Waals surface area contributed by atoms with Gasteiger partial charge in [-0.05, 0) is 29.5 Å². The molecule has 0 saturated heterocycles. The van der Waals surface area contributed by atoms with Crippen LogP contribution < -0.4 is 0 Å². The molecule has 0 unspecified atom stereocenters. The number of aromatic amines is 1. The highest BCUT2D eigenvalue weighted by Crippen LogP contribution is 2.20. The van der Waals surface area contributed by atoms with Crippen LogP contribution in [0.5, 0.6) is 0 Å². The summed E-state index contributed by atoms with van der Waals surface area (Å²) in [6.45, 7) is 0. The van der Waals surface area contributed by atoms with E-state index >= 15 is 0 Å². The van der Waals surface area contributed by atoms with Crippen molar-refractivity contribution in [2.24, 2.45) is 0 Å². The zero-order chi connectivity index (χ0) is 15.4. The minimum Gasteiger partial charge on any atom is -0.290 e. The fourth-order valence-corrected chi connectivity index (χ4v) is 2.95. The van der Waals surface area contributed by atoms with Gasteiger partial charge in [0.2, 0.25) is 11.6 Å². The van der Waals surface area contributed by atoms with E-state index in [1.807, 2.05) is 30.3 Å². The van der Waals surface area contributed by atoms with E-state index in [0.29, 0.717) is 6.42 Å². The fourth-order valence-electron chi connectivity index (χ4n) is 1.91. The molecule has 0 radical (unpaired) electrons. The highest BCUT2D eigenvalue weighted by molar-refractivity contribution is 7.12. The number of nitrogens with zero attached hydrogens (tertiary/aromatic N) is 4. The van der Waals surface area contributed by atoms with Crippen molar-refractivity contribution in [2.75, 3.05) is 0 Å². The lowest BCUT2D eigenvalue weighted by molar-refractivity contribution is -0.114. The van der Waals surface area contributed by atoms with E-state index in [1.165, 1.54) is 11.3 Å². The molecule has 0 aliphatic rings. The number of H-pyrrole nitrogens is 1. The summed E-state index contributed by atoms with van der Waals surface area (Å²) in [4.78, 5) is 29.9. The van der Waals surface area contributed by atoms with E-state index in [2.05, 4.69) is 25.6 Å². The van der Waals surface area contributed by atoms with Gasteiger partial charge in [0.25, 0.3) is 5.78 Å². The van der Waals surface area contributed by atoms with Crippen LogP contribution in [-0.4, -0.2) is 37.2 Å². The maximum atomic E-state index is 11.9. The minimum absolute atomic E-state index is 0.0419. The van der Waals surface area contributed by atoms with Gasteiger partial charge in [-0.1, -0.05) is 6.07 Å². The van der Waals surface area contributed by atoms with Crippen molar-refractivity contribution in [3.8, 4) is 0 Å². The molecule has 0 atom stereocenters. The molecule has 0 amide bonds. The van der Waals surface area contributed by atoms with Crippen LogP contribution in [0.25, 0.3) is 0 Å². The van der Waals surface area contributed by atoms with Crippen LogP contribution >= 0.6 is 11.3 Å². The van der Waals surface area contributed by atoms with E-state index in [1.54, 1.807) is 6.20 Å². The summed E-state index contributed by atoms with van der Waals surface area (Å²) in [5.41, 5.74) is 0.963. The summed E-state index contributed by atoms with van der Waals surface area (Å²) in [7, 11) is 0. The number of tetrazole rings is 1. The van der Waals surface area contributed by atoms with Crippen LogP contribution in [0.4, 0.5) is 0 Å². The average molecular weight is 313 g/mol. The molecule has 3 aromatic heterocycles. The van der Waals surface area contributed by atoms with Gasteiger partial charge in [0.15, 0.2) is 0 Å². The van der Waals surface area contributed by atoms with E-state index in [-0.39, 0.29) is 12.2 Å². The number of nitrogens with one attached hydrogen (secondary N) is 1. The Morgan fingerprint density at radius 3 is 2.73 bits per heavy atom. The summed E-state index contributed by atoms with van der Waals surface area (Å²) < 4.78 is 0. The van der Waals surface area contributed by atoms with Crippen molar-refractivity contribution in [3.05, 3.63) is 57.8 Å². The van der Waals surface area contributed by atoms with Gasteiger partial charge in [-0.25, -0.2) is 0 Å². The number of carbonyl (C=O) groups is 2. The van der Waals surface area contributed by atoms with E-state index in [9.17, 15) is 9.59 Å². The van der Waals surface area contributed by atoms with Crippen molar-refractivity contribution >= 4 is 22.9 Å². The van der Waals surface area contributed by atoms with Gasteiger partial charge in [0.1, 0.15) is 0 Å². The second-order valence-corrected chi connectivity index (χ2v) is 5.78. The molecule has 0 saturated carbocycles. The van der Waals surface area contributed by atoms with Crippen LogP contribution in [-0.2, 0) is 17.6 Å². The molecule has 0 fully saturated rings. The number of pyridine rings is 1. The minimum atomic E-state index is -0.728. The van der Waals surface area contributed by atoms with Gasteiger partial charge >= 0.3 is 0 Å². The molecule has 0 aliphatic heterocycles. The molecule has 0 spiro atoms. The zero-order valence-electron chi connectivity index (χ0n) is 11.4. The molecule has 3 heterocycles. The molecule has 8 heteroatoms. The molecule has 7 nitrogen and oxygen atoms in total. The summed E-state index contributed by atoms with van der Waals surface area (Å²) in [5.74, 6) is -1.48. The van der Waals surface area contributed by atoms with Gasteiger partial charge in [0.05, 0.1) is 0 Å². The topological polar surface area (TPSA) is 101 Å². The SMILES string of the molecule is O=C(Cc1ccc(Cc2ccccn2)s1)C(=O)c1nn[nH]n1. The Balaban J connectivity index is 1.64. The van der Waals surface area contributed by atoms with Crippen LogP contribution in [0.15, 0.2) is 36.5 Å². The first-order valence-corrected chi connectivity index (χ1v) is 7.32. The number of carbonyl (C=O) groups excluding carboxylic acids is 2. The molecule has 3 aromatic rings. The highest BCUT2D eigenvalue weighted by atomic mass is 32.1. The van der Waals surface area contributed by atoms with Gasteiger partial charge < -0.3 is 0 Å². The standard InChI is InChI=1S/C14H11N5O2S/c20-12(13(21)14-16-18-19-17-14)8-11-5-4-10(22-11)7-9-3-1-2-6-15-9/h1-6H,7-8H2,(H,16,17,18,19). The molecule has 3 rings (SSSR count). The number of rotatable bonds is 6. The fraction of sp³-hybridized carbons (Fsp3) is 0.143.